The summed E-state index contributed by atoms with van der Waals surface area (Å²) in [4.78, 5) is 14.5. The highest BCUT2D eigenvalue weighted by atomic mass is 16.3. The van der Waals surface area contributed by atoms with Crippen LogP contribution in [0.25, 0.3) is 0 Å². The van der Waals surface area contributed by atoms with E-state index in [1.165, 1.54) is 0 Å². The first-order chi connectivity index (χ1) is 9.57. The van der Waals surface area contributed by atoms with Crippen LogP contribution in [0.4, 0.5) is 0 Å². The van der Waals surface area contributed by atoms with Crippen LogP contribution in [0.2, 0.25) is 0 Å². The molecule has 1 aromatic rings. The molecule has 1 aliphatic rings. The molecule has 1 aliphatic heterocycles. The average molecular weight is 273 g/mol. The number of carbonyl (C=O) groups excluding carboxylic acids is 1. The van der Waals surface area contributed by atoms with Crippen molar-refractivity contribution < 1.29 is 9.90 Å². The number of likely N-dealkylation sites (tertiary alicyclic amines) is 1. The second-order valence-corrected chi connectivity index (χ2v) is 5.62. The van der Waals surface area contributed by atoms with Crippen molar-refractivity contribution in [3.8, 4) is 0 Å². The Balaban J connectivity index is 2.26. The van der Waals surface area contributed by atoms with Gasteiger partial charge in [-0.15, -0.1) is 6.58 Å². The fourth-order valence-corrected chi connectivity index (χ4v) is 2.87. The van der Waals surface area contributed by atoms with Gasteiger partial charge in [-0.3, -0.25) is 4.79 Å². The van der Waals surface area contributed by atoms with E-state index in [4.69, 9.17) is 0 Å². The van der Waals surface area contributed by atoms with Gasteiger partial charge in [-0.05, 0) is 31.7 Å². The lowest BCUT2D eigenvalue weighted by atomic mass is 9.80. The fraction of sp³-hybridized carbons (Fsp3) is 0.471. The zero-order valence-corrected chi connectivity index (χ0v) is 12.1. The summed E-state index contributed by atoms with van der Waals surface area (Å²) in [6.07, 6.45) is 4.31. The molecule has 2 atom stereocenters. The molecule has 0 spiro atoms. The zero-order chi connectivity index (χ0) is 14.6. The number of hydrogen-bond acceptors (Lipinski definition) is 2. The van der Waals surface area contributed by atoms with Crippen molar-refractivity contribution in [2.24, 2.45) is 5.92 Å². The van der Waals surface area contributed by atoms with Crippen molar-refractivity contribution in [1.82, 2.24) is 4.90 Å². The van der Waals surface area contributed by atoms with Gasteiger partial charge in [0.05, 0.1) is 11.5 Å². The van der Waals surface area contributed by atoms with Gasteiger partial charge in [0.2, 0.25) is 5.91 Å². The predicted octanol–water partition coefficient (Wildman–Crippen LogP) is 2.71. The minimum atomic E-state index is -1.17. The van der Waals surface area contributed by atoms with Crippen molar-refractivity contribution in [3.63, 3.8) is 0 Å². The Kier molecular flexibility index (Phi) is 4.61. The molecule has 0 aromatic heterocycles. The highest BCUT2D eigenvalue weighted by Gasteiger charge is 2.40. The number of rotatable bonds is 5. The summed E-state index contributed by atoms with van der Waals surface area (Å²) in [5.41, 5.74) is -0.394. The Morgan fingerprint density at radius 3 is 2.55 bits per heavy atom. The molecule has 108 valence electrons. The first-order valence-corrected chi connectivity index (χ1v) is 7.25. The maximum atomic E-state index is 12.7. The molecule has 0 aliphatic carbocycles. The van der Waals surface area contributed by atoms with E-state index in [9.17, 15) is 9.90 Å². The Bertz CT molecular complexity index is 461. The van der Waals surface area contributed by atoms with E-state index < -0.39 is 11.5 Å². The van der Waals surface area contributed by atoms with Crippen molar-refractivity contribution in [3.05, 3.63) is 48.6 Å². The standard InChI is InChI=1S/C17H23NO2/c1-3-9-15(16(19)18-12-7-8-13-18)17(2,20)14-10-5-4-6-11-14/h3-6,10-11,15,20H,1,7-9,12-13H2,2H3/t15-,17+/m1/s1. The zero-order valence-electron chi connectivity index (χ0n) is 12.1. The second-order valence-electron chi connectivity index (χ2n) is 5.62. The molecule has 1 N–H and O–H groups in total. The van der Waals surface area contributed by atoms with Crippen LogP contribution >= 0.6 is 0 Å². The van der Waals surface area contributed by atoms with E-state index in [2.05, 4.69) is 6.58 Å². The van der Waals surface area contributed by atoms with Gasteiger partial charge in [-0.1, -0.05) is 36.4 Å². The molecule has 3 heteroatoms. The normalized spacial score (nSPS) is 19.4. The maximum absolute atomic E-state index is 12.7. The van der Waals surface area contributed by atoms with Crippen LogP contribution in [-0.2, 0) is 10.4 Å². The molecular formula is C17H23NO2. The lowest BCUT2D eigenvalue weighted by Crippen LogP contribution is -2.44. The Morgan fingerprint density at radius 1 is 1.40 bits per heavy atom. The number of benzene rings is 1. The van der Waals surface area contributed by atoms with Gasteiger partial charge in [0.25, 0.3) is 0 Å². The number of aliphatic hydroxyl groups is 1. The third kappa shape index (κ3) is 2.93. The van der Waals surface area contributed by atoms with E-state index >= 15 is 0 Å². The van der Waals surface area contributed by atoms with Crippen molar-refractivity contribution in [2.45, 2.75) is 31.8 Å². The number of nitrogens with zero attached hydrogens (tertiary/aromatic N) is 1. The van der Waals surface area contributed by atoms with Crippen LogP contribution in [0.3, 0.4) is 0 Å². The lowest BCUT2D eigenvalue weighted by Gasteiger charge is -2.34. The SMILES string of the molecule is C=CC[C@H](C(=O)N1CCCC1)[C@@](C)(O)c1ccccc1. The maximum Gasteiger partial charge on any atom is 0.229 e. The van der Waals surface area contributed by atoms with Gasteiger partial charge in [0.15, 0.2) is 0 Å². The van der Waals surface area contributed by atoms with Crippen LogP contribution in [0, 0.1) is 5.92 Å². The molecule has 20 heavy (non-hydrogen) atoms. The minimum Gasteiger partial charge on any atom is -0.385 e. The van der Waals surface area contributed by atoms with Crippen LogP contribution in [0.15, 0.2) is 43.0 Å². The number of carbonyl (C=O) groups is 1. The van der Waals surface area contributed by atoms with E-state index in [0.29, 0.717) is 6.42 Å². The lowest BCUT2D eigenvalue weighted by molar-refractivity contribution is -0.144. The third-order valence-electron chi connectivity index (χ3n) is 4.15. The molecule has 1 amide bonds. The first kappa shape index (κ1) is 14.8. The summed E-state index contributed by atoms with van der Waals surface area (Å²) in [6, 6.07) is 9.41. The molecule has 2 rings (SSSR count). The van der Waals surface area contributed by atoms with Crippen LogP contribution in [0.5, 0.6) is 0 Å². The molecule has 1 aromatic carbocycles. The summed E-state index contributed by atoms with van der Waals surface area (Å²) in [6.45, 7) is 7.07. The first-order valence-electron chi connectivity index (χ1n) is 7.25. The van der Waals surface area contributed by atoms with Gasteiger partial charge in [0, 0.05) is 13.1 Å². The number of hydrogen-bond donors (Lipinski definition) is 1. The van der Waals surface area contributed by atoms with E-state index in [0.717, 1.165) is 31.5 Å². The minimum absolute atomic E-state index is 0.0382. The smallest absolute Gasteiger partial charge is 0.229 e. The predicted molar refractivity (Wildman–Crippen MR) is 80.1 cm³/mol. The molecule has 1 heterocycles. The summed E-state index contributed by atoms with van der Waals surface area (Å²) < 4.78 is 0. The van der Waals surface area contributed by atoms with E-state index in [1.54, 1.807) is 13.0 Å². The highest BCUT2D eigenvalue weighted by Crippen LogP contribution is 2.34. The molecule has 0 unspecified atom stereocenters. The van der Waals surface area contributed by atoms with Gasteiger partial charge in [-0.2, -0.15) is 0 Å². The van der Waals surface area contributed by atoms with Crippen LogP contribution in [-0.4, -0.2) is 29.0 Å². The third-order valence-corrected chi connectivity index (χ3v) is 4.15. The Labute approximate surface area is 120 Å². The molecule has 3 nitrogen and oxygen atoms in total. The summed E-state index contributed by atoms with van der Waals surface area (Å²) in [5, 5.41) is 10.9. The van der Waals surface area contributed by atoms with Gasteiger partial charge in [0.1, 0.15) is 0 Å². The summed E-state index contributed by atoms with van der Waals surface area (Å²) in [7, 11) is 0. The largest absolute Gasteiger partial charge is 0.385 e. The summed E-state index contributed by atoms with van der Waals surface area (Å²) in [5.74, 6) is -0.434. The molecule has 0 bridgehead atoms. The van der Waals surface area contributed by atoms with Crippen LogP contribution in [0.1, 0.15) is 31.7 Å². The molecule has 0 radical (unpaired) electrons. The molecule has 1 saturated heterocycles. The number of amides is 1. The average Bonchev–Trinajstić information content (AvgIpc) is 2.99. The van der Waals surface area contributed by atoms with Gasteiger partial charge < -0.3 is 10.0 Å². The van der Waals surface area contributed by atoms with Gasteiger partial charge >= 0.3 is 0 Å². The molecule has 0 saturated carbocycles. The Morgan fingerprint density at radius 2 is 2.00 bits per heavy atom. The monoisotopic (exact) mass is 273 g/mol. The second kappa shape index (κ2) is 6.23. The Hall–Kier alpha value is -1.61. The number of allylic oxidation sites excluding steroid dienone is 1. The molecule has 1 fully saturated rings. The van der Waals surface area contributed by atoms with Crippen LogP contribution < -0.4 is 0 Å². The van der Waals surface area contributed by atoms with Crippen molar-refractivity contribution in [2.75, 3.05) is 13.1 Å². The van der Waals surface area contributed by atoms with Crippen molar-refractivity contribution in [1.29, 1.82) is 0 Å². The van der Waals surface area contributed by atoms with E-state index in [-0.39, 0.29) is 5.91 Å². The van der Waals surface area contributed by atoms with Gasteiger partial charge in [-0.25, -0.2) is 0 Å². The molecular weight excluding hydrogens is 250 g/mol. The summed E-state index contributed by atoms with van der Waals surface area (Å²) >= 11 is 0. The quantitative estimate of drug-likeness (QED) is 0.838. The highest BCUT2D eigenvalue weighted by molar-refractivity contribution is 5.80. The van der Waals surface area contributed by atoms with Crippen molar-refractivity contribution >= 4 is 5.91 Å². The topological polar surface area (TPSA) is 40.5 Å². The van der Waals surface area contributed by atoms with E-state index in [1.807, 2.05) is 35.2 Å². The fourth-order valence-electron chi connectivity index (χ4n) is 2.87.